The molecule has 1 aliphatic rings. The number of hydrogen-bond acceptors (Lipinski definition) is 5. The summed E-state index contributed by atoms with van der Waals surface area (Å²) >= 11 is 7.69. The molecule has 0 spiro atoms. The molecule has 1 heterocycles. The molecule has 6 nitrogen and oxygen atoms in total. The molecule has 1 amide bonds. The lowest BCUT2D eigenvalue weighted by Crippen LogP contribution is -2.50. The highest BCUT2D eigenvalue weighted by molar-refractivity contribution is 7.98. The van der Waals surface area contributed by atoms with Gasteiger partial charge in [-0.1, -0.05) is 41.9 Å². The Labute approximate surface area is 174 Å². The third-order valence-electron chi connectivity index (χ3n) is 4.14. The van der Waals surface area contributed by atoms with E-state index >= 15 is 0 Å². The van der Waals surface area contributed by atoms with Gasteiger partial charge < -0.3 is 10.1 Å². The van der Waals surface area contributed by atoms with Crippen LogP contribution < -0.4 is 14.4 Å². The monoisotopic (exact) mass is 440 g/mol. The van der Waals surface area contributed by atoms with Crippen LogP contribution in [-0.4, -0.2) is 45.5 Å². The number of benzene rings is 2. The minimum Gasteiger partial charge on any atom is -0.476 e. The molecule has 0 aromatic heterocycles. The Morgan fingerprint density at radius 2 is 2.04 bits per heavy atom. The standard InChI is InChI=1S/C19H21ClN2O4S2/c1-28(24,25)22-12-18(26-17-8-7-15(20)11-16(17)22)19(23)21-9-10-27-13-14-5-3-2-4-6-14/h2-8,11,18H,9-10,12-13H2,1H3,(H,21,23)/t18-/m1/s1. The van der Waals surface area contributed by atoms with E-state index < -0.39 is 16.1 Å². The maximum atomic E-state index is 12.5. The predicted octanol–water partition coefficient (Wildman–Crippen LogP) is 2.92. The maximum absolute atomic E-state index is 12.5. The number of anilines is 1. The van der Waals surface area contributed by atoms with E-state index in [0.29, 0.717) is 23.0 Å². The fraction of sp³-hybridized carbons (Fsp3) is 0.316. The summed E-state index contributed by atoms with van der Waals surface area (Å²) in [6, 6.07) is 14.8. The van der Waals surface area contributed by atoms with Gasteiger partial charge >= 0.3 is 0 Å². The van der Waals surface area contributed by atoms with Gasteiger partial charge in [-0.25, -0.2) is 8.42 Å². The fourth-order valence-electron chi connectivity index (χ4n) is 2.80. The van der Waals surface area contributed by atoms with E-state index in [1.54, 1.807) is 23.9 Å². The highest BCUT2D eigenvalue weighted by atomic mass is 35.5. The van der Waals surface area contributed by atoms with Crippen LogP contribution in [0.15, 0.2) is 48.5 Å². The fourth-order valence-corrected chi connectivity index (χ4v) is 4.69. The Bertz CT molecular complexity index is 938. The second-order valence-electron chi connectivity index (χ2n) is 6.34. The summed E-state index contributed by atoms with van der Waals surface area (Å²) in [5.41, 5.74) is 1.57. The number of ether oxygens (including phenoxy) is 1. The molecule has 0 fully saturated rings. The van der Waals surface area contributed by atoms with Crippen molar-refractivity contribution >= 4 is 45.0 Å². The quantitative estimate of drug-likeness (QED) is 0.670. The molecule has 1 aliphatic heterocycles. The lowest BCUT2D eigenvalue weighted by atomic mass is 10.2. The zero-order valence-corrected chi connectivity index (χ0v) is 17.7. The van der Waals surface area contributed by atoms with Crippen LogP contribution in [0, 0.1) is 0 Å². The molecule has 2 aromatic rings. The molecular weight excluding hydrogens is 420 g/mol. The van der Waals surface area contributed by atoms with Gasteiger partial charge in [0.2, 0.25) is 10.0 Å². The lowest BCUT2D eigenvalue weighted by molar-refractivity contribution is -0.127. The summed E-state index contributed by atoms with van der Waals surface area (Å²) in [6.45, 7) is 0.387. The Hall–Kier alpha value is -1.90. The van der Waals surface area contributed by atoms with Crippen LogP contribution in [-0.2, 0) is 20.6 Å². The minimum atomic E-state index is -3.57. The van der Waals surface area contributed by atoms with E-state index in [1.165, 1.54) is 11.6 Å². The van der Waals surface area contributed by atoms with Gasteiger partial charge in [0.25, 0.3) is 5.91 Å². The van der Waals surface area contributed by atoms with Crippen molar-refractivity contribution in [2.24, 2.45) is 0 Å². The highest BCUT2D eigenvalue weighted by Gasteiger charge is 2.35. The normalized spacial score (nSPS) is 16.2. The van der Waals surface area contributed by atoms with Crippen LogP contribution >= 0.6 is 23.4 Å². The number of nitrogens with zero attached hydrogens (tertiary/aromatic N) is 1. The second kappa shape index (κ2) is 9.07. The van der Waals surface area contributed by atoms with Gasteiger partial charge in [0, 0.05) is 23.1 Å². The van der Waals surface area contributed by atoms with E-state index in [4.69, 9.17) is 16.3 Å². The molecule has 2 aromatic carbocycles. The molecule has 150 valence electrons. The zero-order valence-electron chi connectivity index (χ0n) is 15.3. The second-order valence-corrected chi connectivity index (χ2v) is 9.79. The zero-order chi connectivity index (χ0) is 20.1. The average Bonchev–Trinajstić information content (AvgIpc) is 2.66. The number of amides is 1. The van der Waals surface area contributed by atoms with Crippen molar-refractivity contribution in [3.8, 4) is 5.75 Å². The number of sulfonamides is 1. The van der Waals surface area contributed by atoms with Gasteiger partial charge in [0.1, 0.15) is 5.75 Å². The predicted molar refractivity (Wildman–Crippen MR) is 114 cm³/mol. The number of carbonyl (C=O) groups excluding carboxylic acids is 1. The molecule has 3 rings (SSSR count). The van der Waals surface area contributed by atoms with Crippen molar-refractivity contribution < 1.29 is 17.9 Å². The summed E-state index contributed by atoms with van der Waals surface area (Å²) in [7, 11) is -3.57. The molecule has 1 atom stereocenters. The van der Waals surface area contributed by atoms with E-state index in [0.717, 1.165) is 22.1 Å². The largest absolute Gasteiger partial charge is 0.476 e. The number of nitrogens with one attached hydrogen (secondary N) is 1. The molecule has 0 radical (unpaired) electrons. The van der Waals surface area contributed by atoms with Crippen LogP contribution in [0.3, 0.4) is 0 Å². The first kappa shape index (κ1) is 20.8. The van der Waals surface area contributed by atoms with Crippen LogP contribution in [0.25, 0.3) is 0 Å². The molecule has 28 heavy (non-hydrogen) atoms. The molecule has 0 unspecified atom stereocenters. The highest BCUT2D eigenvalue weighted by Crippen LogP contribution is 2.37. The van der Waals surface area contributed by atoms with Crippen molar-refractivity contribution in [2.45, 2.75) is 11.9 Å². The SMILES string of the molecule is CS(=O)(=O)N1C[C@H](C(=O)NCCSCc2ccccc2)Oc2ccc(Cl)cc21. The molecule has 0 bridgehead atoms. The summed E-state index contributed by atoms with van der Waals surface area (Å²) in [6.07, 6.45) is 0.181. The third kappa shape index (κ3) is 5.33. The molecule has 0 saturated carbocycles. The number of carbonyl (C=O) groups is 1. The third-order valence-corrected chi connectivity index (χ3v) is 6.55. The van der Waals surface area contributed by atoms with Crippen molar-refractivity contribution in [2.75, 3.05) is 29.4 Å². The number of fused-ring (bicyclic) bond motifs is 1. The van der Waals surface area contributed by atoms with Crippen LogP contribution in [0.2, 0.25) is 5.02 Å². The van der Waals surface area contributed by atoms with Crippen molar-refractivity contribution in [3.63, 3.8) is 0 Å². The molecule has 0 aliphatic carbocycles. The van der Waals surface area contributed by atoms with Gasteiger partial charge in [-0.2, -0.15) is 11.8 Å². The van der Waals surface area contributed by atoms with Crippen molar-refractivity contribution in [3.05, 3.63) is 59.1 Å². The van der Waals surface area contributed by atoms with Crippen molar-refractivity contribution in [1.82, 2.24) is 5.32 Å². The van der Waals surface area contributed by atoms with Crippen LogP contribution in [0.5, 0.6) is 5.75 Å². The lowest BCUT2D eigenvalue weighted by Gasteiger charge is -2.34. The topological polar surface area (TPSA) is 75.7 Å². The molecular formula is C19H21ClN2O4S2. The smallest absolute Gasteiger partial charge is 0.263 e. The van der Waals surface area contributed by atoms with Gasteiger partial charge in [0.15, 0.2) is 6.10 Å². The van der Waals surface area contributed by atoms with E-state index in [2.05, 4.69) is 17.4 Å². The first-order valence-corrected chi connectivity index (χ1v) is 12.1. The molecule has 1 N–H and O–H groups in total. The Balaban J connectivity index is 1.56. The Kier molecular flexibility index (Phi) is 6.74. The van der Waals surface area contributed by atoms with Gasteiger partial charge in [0.05, 0.1) is 18.5 Å². The maximum Gasteiger partial charge on any atom is 0.263 e. The molecule has 0 saturated heterocycles. The van der Waals surface area contributed by atoms with Crippen LogP contribution in [0.1, 0.15) is 5.56 Å². The van der Waals surface area contributed by atoms with E-state index in [9.17, 15) is 13.2 Å². The van der Waals surface area contributed by atoms with Gasteiger partial charge in [-0.3, -0.25) is 9.10 Å². The van der Waals surface area contributed by atoms with Gasteiger partial charge in [-0.05, 0) is 23.8 Å². The number of rotatable bonds is 7. The number of hydrogen-bond donors (Lipinski definition) is 1. The number of halogens is 1. The summed E-state index contributed by atoms with van der Waals surface area (Å²) in [5, 5.41) is 3.22. The Morgan fingerprint density at radius 1 is 1.29 bits per heavy atom. The first-order chi connectivity index (χ1) is 13.3. The van der Waals surface area contributed by atoms with E-state index in [1.807, 2.05) is 18.2 Å². The summed E-state index contributed by atoms with van der Waals surface area (Å²) < 4.78 is 31.2. The van der Waals surface area contributed by atoms with Crippen molar-refractivity contribution in [1.29, 1.82) is 0 Å². The minimum absolute atomic E-state index is 0.0881. The van der Waals surface area contributed by atoms with Gasteiger partial charge in [-0.15, -0.1) is 0 Å². The average molecular weight is 441 g/mol. The first-order valence-electron chi connectivity index (χ1n) is 8.68. The summed E-state index contributed by atoms with van der Waals surface area (Å²) in [5.74, 6) is 1.59. The van der Waals surface area contributed by atoms with E-state index in [-0.39, 0.29) is 12.5 Å². The summed E-state index contributed by atoms with van der Waals surface area (Å²) in [4.78, 5) is 12.5. The molecule has 9 heteroatoms. The van der Waals surface area contributed by atoms with Crippen LogP contribution in [0.4, 0.5) is 5.69 Å². The Morgan fingerprint density at radius 3 is 2.75 bits per heavy atom. The number of thioether (sulfide) groups is 1.